The second kappa shape index (κ2) is 11.3. The lowest BCUT2D eigenvalue weighted by Gasteiger charge is -2.09. The number of pyridine rings is 2. The molecule has 0 unspecified atom stereocenters. The van der Waals surface area contributed by atoms with Crippen LogP contribution < -0.4 is 0 Å². The third-order valence-corrected chi connectivity index (χ3v) is 9.17. The van der Waals surface area contributed by atoms with E-state index in [2.05, 4.69) is 92.7 Å². The summed E-state index contributed by atoms with van der Waals surface area (Å²) in [6.45, 7) is 0. The van der Waals surface area contributed by atoms with Gasteiger partial charge in [-0.2, -0.15) is 0 Å². The number of nitrogens with zero attached hydrogens (tertiary/aromatic N) is 5. The van der Waals surface area contributed by atoms with E-state index in [-0.39, 0.29) is 0 Å². The molecule has 0 aliphatic carbocycles. The first-order chi connectivity index (χ1) is 24.7. The molecule has 7 nitrogen and oxygen atoms in total. The van der Waals surface area contributed by atoms with Crippen LogP contribution in [-0.4, -0.2) is 24.9 Å². The minimum atomic E-state index is 0.612. The highest BCUT2D eigenvalue weighted by atomic mass is 16.3. The number of fused-ring (bicyclic) bond motifs is 6. The summed E-state index contributed by atoms with van der Waals surface area (Å²) < 4.78 is 11.9. The molecule has 10 rings (SSSR count). The van der Waals surface area contributed by atoms with Crippen molar-refractivity contribution in [1.82, 2.24) is 24.9 Å². The van der Waals surface area contributed by atoms with Gasteiger partial charge in [0.25, 0.3) is 0 Å². The second-order valence-electron chi connectivity index (χ2n) is 12.2. The van der Waals surface area contributed by atoms with Gasteiger partial charge >= 0.3 is 0 Å². The molecule has 0 spiro atoms. The van der Waals surface area contributed by atoms with Gasteiger partial charge in [0.15, 0.2) is 11.6 Å². The largest absolute Gasteiger partial charge is 0.438 e. The summed E-state index contributed by atoms with van der Waals surface area (Å²) in [6.07, 6.45) is 5.08. The van der Waals surface area contributed by atoms with E-state index in [4.69, 9.17) is 13.8 Å². The van der Waals surface area contributed by atoms with Crippen LogP contribution in [0.2, 0.25) is 0 Å². The van der Waals surface area contributed by atoms with Crippen molar-refractivity contribution in [3.63, 3.8) is 0 Å². The average Bonchev–Trinajstić information content (AvgIpc) is 3.76. The smallest absolute Gasteiger partial charge is 0.227 e. The summed E-state index contributed by atoms with van der Waals surface area (Å²) in [5.41, 5.74) is 11.3. The van der Waals surface area contributed by atoms with Gasteiger partial charge in [-0.25, -0.2) is 24.9 Å². The van der Waals surface area contributed by atoms with Crippen molar-refractivity contribution in [3.8, 4) is 56.2 Å². The van der Waals surface area contributed by atoms with Gasteiger partial charge in [0, 0.05) is 45.1 Å². The van der Waals surface area contributed by atoms with Crippen molar-refractivity contribution in [2.75, 3.05) is 0 Å². The molecule has 10 aromatic rings. The quantitative estimate of drug-likeness (QED) is 0.184. The van der Waals surface area contributed by atoms with E-state index >= 15 is 0 Å². The molecule has 5 aromatic heterocycles. The van der Waals surface area contributed by atoms with Gasteiger partial charge in [0.2, 0.25) is 11.4 Å². The van der Waals surface area contributed by atoms with Crippen LogP contribution in [0.25, 0.3) is 100 Å². The highest BCUT2D eigenvalue weighted by molar-refractivity contribution is 6.06. The number of rotatable bonds is 5. The Morgan fingerprint density at radius 3 is 1.24 bits per heavy atom. The molecule has 7 heteroatoms. The minimum Gasteiger partial charge on any atom is -0.438 e. The zero-order valence-electron chi connectivity index (χ0n) is 26.5. The van der Waals surface area contributed by atoms with Gasteiger partial charge in [0.1, 0.15) is 17.5 Å². The second-order valence-corrected chi connectivity index (χ2v) is 12.2. The lowest BCUT2D eigenvalue weighted by Crippen LogP contribution is -1.95. The molecule has 0 saturated heterocycles. The Bertz CT molecular complexity index is 2710. The standard InChI is InChI=1S/C43H25N5O2/c1-6-26(20-27(7-1)30-14-16-38-36(23-30)34-12-4-18-44-42(34)49-38)28-8-2-10-32(21-28)40-46-25-47-41(48-40)33-11-3-9-29(22-33)31-15-17-39-37(24-31)35-13-5-19-45-43(35)50-39/h1-25H. The van der Waals surface area contributed by atoms with Gasteiger partial charge in [0.05, 0.1) is 0 Å². The molecule has 0 bridgehead atoms. The lowest BCUT2D eigenvalue weighted by atomic mass is 9.97. The van der Waals surface area contributed by atoms with Crippen LogP contribution in [0.3, 0.4) is 0 Å². The zero-order chi connectivity index (χ0) is 33.0. The van der Waals surface area contributed by atoms with Crippen LogP contribution in [0.1, 0.15) is 0 Å². The summed E-state index contributed by atoms with van der Waals surface area (Å²) in [4.78, 5) is 22.8. The van der Waals surface area contributed by atoms with Gasteiger partial charge < -0.3 is 8.83 Å². The summed E-state index contributed by atoms with van der Waals surface area (Å²) in [7, 11) is 0. The van der Waals surface area contributed by atoms with E-state index in [1.807, 2.05) is 60.7 Å². The number of hydrogen-bond acceptors (Lipinski definition) is 7. The third-order valence-electron chi connectivity index (χ3n) is 9.17. The molecule has 0 fully saturated rings. The van der Waals surface area contributed by atoms with E-state index in [0.29, 0.717) is 23.1 Å². The Morgan fingerprint density at radius 2 is 0.760 bits per heavy atom. The SMILES string of the molecule is c1cc(-c2cccc(-c3ncnc(-c4cccc(-c5ccc6oc7ncccc7c6c5)c4)n3)c2)cc(-c2ccc3oc4ncccc4c3c2)c1. The van der Waals surface area contributed by atoms with Crippen LogP contribution in [0.4, 0.5) is 0 Å². The molecule has 5 heterocycles. The number of benzene rings is 5. The fourth-order valence-electron chi connectivity index (χ4n) is 6.71. The molecule has 0 saturated carbocycles. The fraction of sp³-hybridized carbons (Fsp3) is 0. The topological polar surface area (TPSA) is 90.7 Å². The first kappa shape index (κ1) is 28.1. The van der Waals surface area contributed by atoms with Crippen LogP contribution >= 0.6 is 0 Å². The van der Waals surface area contributed by atoms with Crippen molar-refractivity contribution in [1.29, 1.82) is 0 Å². The van der Waals surface area contributed by atoms with Crippen molar-refractivity contribution in [2.24, 2.45) is 0 Å². The van der Waals surface area contributed by atoms with Gasteiger partial charge in [-0.1, -0.05) is 66.7 Å². The predicted octanol–water partition coefficient (Wildman–Crippen LogP) is 10.8. The maximum atomic E-state index is 5.95. The van der Waals surface area contributed by atoms with Crippen molar-refractivity contribution < 1.29 is 8.83 Å². The highest BCUT2D eigenvalue weighted by Gasteiger charge is 2.13. The van der Waals surface area contributed by atoms with E-state index < -0.39 is 0 Å². The third kappa shape index (κ3) is 4.79. The lowest BCUT2D eigenvalue weighted by molar-refractivity contribution is 0.653. The Morgan fingerprint density at radius 1 is 0.340 bits per heavy atom. The number of hydrogen-bond donors (Lipinski definition) is 0. The molecule has 234 valence electrons. The maximum absolute atomic E-state index is 5.95. The molecular formula is C43H25N5O2. The van der Waals surface area contributed by atoms with Gasteiger partial charge in [-0.3, -0.25) is 0 Å². The fourth-order valence-corrected chi connectivity index (χ4v) is 6.71. The predicted molar refractivity (Wildman–Crippen MR) is 197 cm³/mol. The Labute approximate surface area is 285 Å². The molecule has 0 amide bonds. The Hall–Kier alpha value is -6.99. The van der Waals surface area contributed by atoms with Crippen molar-refractivity contribution in [3.05, 3.63) is 152 Å². The Balaban J connectivity index is 0.968. The number of furan rings is 2. The molecule has 0 atom stereocenters. The monoisotopic (exact) mass is 643 g/mol. The summed E-state index contributed by atoms with van der Waals surface area (Å²) in [6, 6.07) is 45.6. The van der Waals surface area contributed by atoms with E-state index in [1.165, 1.54) is 0 Å². The molecule has 0 N–H and O–H groups in total. The van der Waals surface area contributed by atoms with Gasteiger partial charge in [-0.15, -0.1) is 0 Å². The first-order valence-corrected chi connectivity index (χ1v) is 16.3. The van der Waals surface area contributed by atoms with Crippen molar-refractivity contribution in [2.45, 2.75) is 0 Å². The highest BCUT2D eigenvalue weighted by Crippen LogP contribution is 2.35. The van der Waals surface area contributed by atoms with Crippen LogP contribution in [-0.2, 0) is 0 Å². The molecule has 50 heavy (non-hydrogen) atoms. The van der Waals surface area contributed by atoms with Gasteiger partial charge in [-0.05, 0) is 100 Å². The Kier molecular flexibility index (Phi) is 6.35. The molecular weight excluding hydrogens is 619 g/mol. The summed E-state index contributed by atoms with van der Waals surface area (Å²) in [5, 5.41) is 4.10. The molecule has 5 aromatic carbocycles. The average molecular weight is 644 g/mol. The van der Waals surface area contributed by atoms with Crippen LogP contribution in [0, 0.1) is 0 Å². The van der Waals surface area contributed by atoms with Crippen molar-refractivity contribution >= 4 is 44.1 Å². The number of aromatic nitrogens is 5. The maximum Gasteiger partial charge on any atom is 0.227 e. The van der Waals surface area contributed by atoms with E-state index in [9.17, 15) is 0 Å². The van der Waals surface area contributed by atoms with Crippen LogP contribution in [0.5, 0.6) is 0 Å². The normalized spacial score (nSPS) is 11.6. The van der Waals surface area contributed by atoms with Crippen LogP contribution in [0.15, 0.2) is 161 Å². The molecule has 0 aliphatic heterocycles. The summed E-state index contributed by atoms with van der Waals surface area (Å²) >= 11 is 0. The summed E-state index contributed by atoms with van der Waals surface area (Å²) in [5.74, 6) is 1.23. The van der Waals surface area contributed by atoms with E-state index in [0.717, 1.165) is 77.2 Å². The molecule has 0 aliphatic rings. The minimum absolute atomic E-state index is 0.612. The first-order valence-electron chi connectivity index (χ1n) is 16.3. The zero-order valence-corrected chi connectivity index (χ0v) is 26.5. The molecule has 0 radical (unpaired) electrons. The van der Waals surface area contributed by atoms with E-state index in [1.54, 1.807) is 18.7 Å².